The monoisotopic (exact) mass is 531 g/mol. The van der Waals surface area contributed by atoms with Gasteiger partial charge in [-0.05, 0) is 41.8 Å². The maximum absolute atomic E-state index is 13.3. The molecule has 2 N–H and O–H groups in total. The third-order valence-electron chi connectivity index (χ3n) is 6.67. The smallest absolute Gasteiger partial charge is 0.295 e. The highest BCUT2D eigenvalue weighted by Crippen LogP contribution is 2.42. The first-order valence-corrected chi connectivity index (χ1v) is 12.1. The van der Waals surface area contributed by atoms with Crippen LogP contribution in [0.2, 0.25) is 5.02 Å². The first-order chi connectivity index (χ1) is 18.3. The Labute approximate surface area is 222 Å². The van der Waals surface area contributed by atoms with Crippen molar-refractivity contribution in [1.29, 1.82) is 0 Å². The molecule has 1 aliphatic heterocycles. The maximum Gasteiger partial charge on any atom is 0.295 e. The van der Waals surface area contributed by atoms with Gasteiger partial charge in [-0.15, -0.1) is 0 Å². The molecule has 3 aromatic carbocycles. The average Bonchev–Trinajstić information content (AvgIpc) is 3.44. The van der Waals surface area contributed by atoms with Gasteiger partial charge in [0.2, 0.25) is 0 Å². The summed E-state index contributed by atoms with van der Waals surface area (Å²) >= 11 is 6.50. The van der Waals surface area contributed by atoms with Gasteiger partial charge in [0, 0.05) is 46.4 Å². The molecule has 0 spiro atoms. The van der Waals surface area contributed by atoms with Crippen molar-refractivity contribution in [2.24, 2.45) is 0 Å². The molecule has 1 fully saturated rings. The molecule has 1 amide bonds. The number of carbonyl (C=O) groups is 2. The third kappa shape index (κ3) is 4.37. The summed E-state index contributed by atoms with van der Waals surface area (Å²) in [5.41, 5.74) is 1.89. The number of aliphatic hydroxyl groups is 1. The highest BCUT2D eigenvalue weighted by atomic mass is 35.5. The molecule has 1 saturated heterocycles. The molecular weight excluding hydrogens is 510 g/mol. The number of ketones is 1. The zero-order chi connectivity index (χ0) is 27.0. The minimum atomic E-state index is -0.984. The van der Waals surface area contributed by atoms with E-state index in [-0.39, 0.29) is 23.4 Å². The van der Waals surface area contributed by atoms with Gasteiger partial charge in [0.25, 0.3) is 17.4 Å². The number of aliphatic hydroxyl groups excluding tert-OH is 1. The van der Waals surface area contributed by atoms with Crippen LogP contribution in [0.4, 0.5) is 5.69 Å². The molecule has 0 radical (unpaired) electrons. The van der Waals surface area contributed by atoms with E-state index in [0.29, 0.717) is 22.8 Å². The number of nitrogens with zero attached hydrogens (tertiary/aromatic N) is 2. The van der Waals surface area contributed by atoms with E-state index in [1.165, 1.54) is 23.1 Å². The van der Waals surface area contributed by atoms with Crippen molar-refractivity contribution in [2.75, 3.05) is 13.7 Å². The Morgan fingerprint density at radius 1 is 1.13 bits per heavy atom. The van der Waals surface area contributed by atoms with Gasteiger partial charge in [-0.3, -0.25) is 19.7 Å². The van der Waals surface area contributed by atoms with Crippen LogP contribution >= 0.6 is 11.6 Å². The Morgan fingerprint density at radius 3 is 2.66 bits per heavy atom. The Balaban J connectivity index is 1.58. The summed E-state index contributed by atoms with van der Waals surface area (Å²) in [5, 5.41) is 23.7. The molecule has 0 aliphatic carbocycles. The van der Waals surface area contributed by atoms with Crippen molar-refractivity contribution in [3.8, 4) is 5.75 Å². The minimum absolute atomic E-state index is 0.0537. The summed E-state index contributed by atoms with van der Waals surface area (Å²) in [6.07, 6.45) is 2.24. The van der Waals surface area contributed by atoms with E-state index in [9.17, 15) is 24.8 Å². The van der Waals surface area contributed by atoms with Gasteiger partial charge in [-0.2, -0.15) is 0 Å². The second-order valence-electron chi connectivity index (χ2n) is 8.80. The Hall–Kier alpha value is -4.63. The van der Waals surface area contributed by atoms with Crippen LogP contribution in [0, 0.1) is 10.1 Å². The van der Waals surface area contributed by atoms with Gasteiger partial charge in [0.1, 0.15) is 11.5 Å². The number of non-ortho nitro benzene ring substituents is 1. The summed E-state index contributed by atoms with van der Waals surface area (Å²) in [6, 6.07) is 16.7. The van der Waals surface area contributed by atoms with Crippen LogP contribution < -0.4 is 4.74 Å². The van der Waals surface area contributed by atoms with Crippen LogP contribution in [0.25, 0.3) is 16.7 Å². The zero-order valence-corrected chi connectivity index (χ0v) is 20.9. The molecule has 5 rings (SSSR count). The summed E-state index contributed by atoms with van der Waals surface area (Å²) in [7, 11) is 1.58. The number of aromatic amines is 1. The number of ether oxygens (including phenoxy) is 1. The van der Waals surface area contributed by atoms with Crippen LogP contribution in [0.15, 0.2) is 78.5 Å². The lowest BCUT2D eigenvalue weighted by Gasteiger charge is -2.26. The molecule has 1 aliphatic rings. The van der Waals surface area contributed by atoms with Crippen molar-refractivity contribution in [3.05, 3.63) is 110 Å². The van der Waals surface area contributed by atoms with E-state index in [0.717, 1.165) is 22.5 Å². The third-order valence-corrected chi connectivity index (χ3v) is 7.01. The normalized spacial score (nSPS) is 16.8. The molecule has 1 aromatic heterocycles. The van der Waals surface area contributed by atoms with E-state index >= 15 is 0 Å². The Morgan fingerprint density at radius 2 is 1.92 bits per heavy atom. The lowest BCUT2D eigenvalue weighted by molar-refractivity contribution is -0.384. The molecule has 10 heteroatoms. The van der Waals surface area contributed by atoms with E-state index in [4.69, 9.17) is 16.3 Å². The zero-order valence-electron chi connectivity index (χ0n) is 20.2. The first kappa shape index (κ1) is 25.0. The highest BCUT2D eigenvalue weighted by molar-refractivity contribution is 6.47. The summed E-state index contributed by atoms with van der Waals surface area (Å²) in [4.78, 5) is 41.8. The number of hydrogen-bond acceptors (Lipinski definition) is 6. The summed E-state index contributed by atoms with van der Waals surface area (Å²) < 4.78 is 5.34. The second-order valence-corrected chi connectivity index (χ2v) is 9.20. The fourth-order valence-corrected chi connectivity index (χ4v) is 5.02. The van der Waals surface area contributed by atoms with Crippen molar-refractivity contribution < 1.29 is 24.4 Å². The van der Waals surface area contributed by atoms with Gasteiger partial charge in [-0.25, -0.2) is 0 Å². The lowest BCUT2D eigenvalue weighted by atomic mass is 9.95. The number of rotatable bonds is 7. The van der Waals surface area contributed by atoms with E-state index < -0.39 is 28.4 Å². The molecule has 2 heterocycles. The Bertz CT molecular complexity index is 1630. The summed E-state index contributed by atoms with van der Waals surface area (Å²) in [5.74, 6) is -1.50. The molecule has 0 bridgehead atoms. The second kappa shape index (κ2) is 10.0. The fourth-order valence-electron chi connectivity index (χ4n) is 4.79. The molecule has 1 atom stereocenters. The van der Waals surface area contributed by atoms with Crippen LogP contribution in [0.5, 0.6) is 5.75 Å². The Kier molecular flexibility index (Phi) is 6.61. The molecule has 0 saturated carbocycles. The highest BCUT2D eigenvalue weighted by Gasteiger charge is 2.46. The van der Waals surface area contributed by atoms with Crippen molar-refractivity contribution in [1.82, 2.24) is 9.88 Å². The van der Waals surface area contributed by atoms with E-state index in [1.807, 2.05) is 24.4 Å². The molecule has 0 unspecified atom stereocenters. The maximum atomic E-state index is 13.3. The molecular formula is C28H22ClN3O6. The quantitative estimate of drug-likeness (QED) is 0.108. The molecule has 9 nitrogen and oxygen atoms in total. The number of nitrogens with one attached hydrogen (secondary N) is 1. The number of likely N-dealkylation sites (tertiary alicyclic amines) is 1. The van der Waals surface area contributed by atoms with Crippen molar-refractivity contribution in [2.45, 2.75) is 12.5 Å². The number of halogens is 1. The average molecular weight is 532 g/mol. The van der Waals surface area contributed by atoms with Crippen LogP contribution in [-0.2, 0) is 16.0 Å². The molecule has 4 aromatic rings. The minimum Gasteiger partial charge on any atom is -0.507 e. The standard InChI is InChI=1S/C28H22ClN3O6/c1-38-19-9-10-23-21(14-19)17(15-30-23)11-12-31-25(20-7-2-3-8-22(20)29)24(27(34)28(31)35)26(33)16-5-4-6-18(13-16)32(36)37/h2-10,13-15,25,30,33H,11-12H2,1H3/t25-/m1/s1. The number of hydrogen-bond donors (Lipinski definition) is 2. The van der Waals surface area contributed by atoms with Gasteiger partial charge in [-0.1, -0.05) is 41.9 Å². The van der Waals surface area contributed by atoms with Crippen molar-refractivity contribution in [3.63, 3.8) is 0 Å². The number of Topliss-reactive ketones (excluding diaryl/α,β-unsaturated/α-hetero) is 1. The number of carbonyl (C=O) groups excluding carboxylic acids is 2. The number of aromatic nitrogens is 1. The SMILES string of the molecule is COc1ccc2[nH]cc(CCN3C(=O)C(=O)C(=C(O)c4cccc([N+](=O)[O-])c4)[C@H]3c3ccccc3Cl)c2c1. The number of H-pyrrole nitrogens is 1. The number of nitro benzene ring substituents is 1. The van der Waals surface area contributed by atoms with Crippen LogP contribution in [0.3, 0.4) is 0 Å². The number of nitro groups is 1. The number of fused-ring (bicyclic) bond motifs is 1. The van der Waals surface area contributed by atoms with E-state index in [2.05, 4.69) is 4.98 Å². The lowest BCUT2D eigenvalue weighted by Crippen LogP contribution is -2.31. The topological polar surface area (TPSA) is 126 Å². The van der Waals surface area contributed by atoms with Gasteiger partial charge in [0.15, 0.2) is 0 Å². The predicted molar refractivity (Wildman–Crippen MR) is 142 cm³/mol. The molecule has 38 heavy (non-hydrogen) atoms. The van der Waals surface area contributed by atoms with E-state index in [1.54, 1.807) is 31.4 Å². The van der Waals surface area contributed by atoms with Crippen LogP contribution in [-0.4, -0.2) is 45.3 Å². The summed E-state index contributed by atoms with van der Waals surface area (Å²) in [6.45, 7) is 0.149. The molecule has 192 valence electrons. The number of benzene rings is 3. The van der Waals surface area contributed by atoms with Gasteiger partial charge >= 0.3 is 0 Å². The fraction of sp³-hybridized carbons (Fsp3) is 0.143. The van der Waals surface area contributed by atoms with Gasteiger partial charge in [0.05, 0.1) is 23.6 Å². The largest absolute Gasteiger partial charge is 0.507 e. The number of methoxy groups -OCH3 is 1. The number of amides is 1. The predicted octanol–water partition coefficient (Wildman–Crippen LogP) is 5.40. The van der Waals surface area contributed by atoms with Crippen molar-refractivity contribution >= 4 is 45.6 Å². The first-order valence-electron chi connectivity index (χ1n) is 11.7. The van der Waals surface area contributed by atoms with Gasteiger partial charge < -0.3 is 19.7 Å². The van der Waals surface area contributed by atoms with Crippen LogP contribution in [0.1, 0.15) is 22.7 Å².